The lowest BCUT2D eigenvalue weighted by atomic mass is 9.98. The van der Waals surface area contributed by atoms with Gasteiger partial charge in [-0.1, -0.05) is 17.3 Å². The number of aryl methyl sites for hydroxylation is 1. The average Bonchev–Trinajstić information content (AvgIpc) is 3.06. The summed E-state index contributed by atoms with van der Waals surface area (Å²) in [6.45, 7) is 2.99. The molecule has 7 nitrogen and oxygen atoms in total. The number of nitrogens with zero attached hydrogens (tertiary/aromatic N) is 3. The van der Waals surface area contributed by atoms with E-state index in [2.05, 4.69) is 38.0 Å². The molecular formula is C17H19IN4O3. The Morgan fingerprint density at radius 1 is 1.40 bits per heavy atom. The van der Waals surface area contributed by atoms with E-state index in [0.717, 1.165) is 16.4 Å². The first kappa shape index (κ1) is 17.8. The number of nitrogens with one attached hydrogen (secondary N) is 1. The van der Waals surface area contributed by atoms with Gasteiger partial charge < -0.3 is 14.7 Å². The summed E-state index contributed by atoms with van der Waals surface area (Å²) in [7, 11) is 0. The molecule has 1 aliphatic heterocycles. The van der Waals surface area contributed by atoms with Crippen LogP contribution in [0.5, 0.6) is 0 Å². The Balaban J connectivity index is 1.56. The van der Waals surface area contributed by atoms with E-state index in [4.69, 9.17) is 4.52 Å². The molecule has 0 saturated carbocycles. The number of hydrogen-bond donors (Lipinski definition) is 1. The molecule has 1 saturated heterocycles. The molecule has 2 aromatic rings. The van der Waals surface area contributed by atoms with Gasteiger partial charge in [-0.25, -0.2) is 0 Å². The van der Waals surface area contributed by atoms with Crippen LogP contribution in [0, 0.1) is 10.5 Å². The van der Waals surface area contributed by atoms with Gasteiger partial charge in [0, 0.05) is 16.7 Å². The van der Waals surface area contributed by atoms with E-state index in [1.165, 1.54) is 0 Å². The molecule has 1 aromatic heterocycles. The predicted molar refractivity (Wildman–Crippen MR) is 99.1 cm³/mol. The molecule has 1 atom stereocenters. The third-order valence-corrected chi connectivity index (χ3v) is 5.13. The summed E-state index contributed by atoms with van der Waals surface area (Å²) >= 11 is 2.11. The van der Waals surface area contributed by atoms with Crippen LogP contribution in [0.1, 0.15) is 40.8 Å². The molecule has 1 fully saturated rings. The van der Waals surface area contributed by atoms with Gasteiger partial charge in [0.15, 0.2) is 5.82 Å². The Kier molecular flexibility index (Phi) is 5.67. The van der Waals surface area contributed by atoms with Crippen molar-refractivity contribution in [3.05, 3.63) is 45.1 Å². The van der Waals surface area contributed by atoms with Crippen molar-refractivity contribution < 1.29 is 14.1 Å². The van der Waals surface area contributed by atoms with Crippen LogP contribution in [0.25, 0.3) is 0 Å². The van der Waals surface area contributed by atoms with Gasteiger partial charge in [0.25, 0.3) is 5.91 Å². The summed E-state index contributed by atoms with van der Waals surface area (Å²) in [5, 5.41) is 6.52. The highest BCUT2D eigenvalue weighted by Gasteiger charge is 2.28. The van der Waals surface area contributed by atoms with Crippen LogP contribution in [-0.4, -0.2) is 46.5 Å². The quantitative estimate of drug-likeness (QED) is 0.716. The largest absolute Gasteiger partial charge is 0.343 e. The fraction of sp³-hybridized carbons (Fsp3) is 0.412. The van der Waals surface area contributed by atoms with Crippen molar-refractivity contribution in [1.82, 2.24) is 20.4 Å². The standard InChI is InChI=1S/C17H19IN4O3/c1-11-20-17(25-21-11)12-5-4-8-22(10-12)15(23)9-19-16(24)13-6-2-3-7-14(13)18/h2-3,6-7,12H,4-5,8-10H2,1H3,(H,19,24). The Labute approximate surface area is 159 Å². The van der Waals surface area contributed by atoms with E-state index in [-0.39, 0.29) is 24.3 Å². The normalized spacial score (nSPS) is 17.4. The number of halogens is 1. The summed E-state index contributed by atoms with van der Waals surface area (Å²) < 4.78 is 6.09. The SMILES string of the molecule is Cc1noc(C2CCCN(C(=O)CNC(=O)c3ccccc3I)C2)n1. The van der Waals surface area contributed by atoms with Gasteiger partial charge in [-0.05, 0) is 54.5 Å². The topological polar surface area (TPSA) is 88.3 Å². The lowest BCUT2D eigenvalue weighted by molar-refractivity contribution is -0.131. The van der Waals surface area contributed by atoms with Crippen molar-refractivity contribution in [3.63, 3.8) is 0 Å². The highest BCUT2D eigenvalue weighted by atomic mass is 127. The summed E-state index contributed by atoms with van der Waals surface area (Å²) in [4.78, 5) is 30.7. The maximum Gasteiger partial charge on any atom is 0.252 e. The fourth-order valence-corrected chi connectivity index (χ4v) is 3.52. The van der Waals surface area contributed by atoms with E-state index < -0.39 is 0 Å². The highest BCUT2D eigenvalue weighted by molar-refractivity contribution is 14.1. The second-order valence-electron chi connectivity index (χ2n) is 6.02. The van der Waals surface area contributed by atoms with Crippen molar-refractivity contribution in [1.29, 1.82) is 0 Å². The van der Waals surface area contributed by atoms with Crippen LogP contribution in [0.2, 0.25) is 0 Å². The Morgan fingerprint density at radius 3 is 2.92 bits per heavy atom. The summed E-state index contributed by atoms with van der Waals surface area (Å²) in [5.74, 6) is 0.908. The summed E-state index contributed by atoms with van der Waals surface area (Å²) in [6.07, 6.45) is 1.79. The van der Waals surface area contributed by atoms with Crippen LogP contribution < -0.4 is 5.32 Å². The molecule has 1 aromatic carbocycles. The van der Waals surface area contributed by atoms with Crippen molar-refractivity contribution >= 4 is 34.4 Å². The molecule has 1 N–H and O–H groups in total. The third kappa shape index (κ3) is 4.36. The summed E-state index contributed by atoms with van der Waals surface area (Å²) in [5.41, 5.74) is 0.578. The molecule has 2 amide bonds. The number of piperidine rings is 1. The van der Waals surface area contributed by atoms with Gasteiger partial charge in [0.2, 0.25) is 11.8 Å². The maximum absolute atomic E-state index is 12.4. The first-order valence-electron chi connectivity index (χ1n) is 8.15. The Hall–Kier alpha value is -1.97. The number of likely N-dealkylation sites (tertiary alicyclic amines) is 1. The van der Waals surface area contributed by atoms with Crippen molar-refractivity contribution in [2.75, 3.05) is 19.6 Å². The average molecular weight is 454 g/mol. The molecule has 132 valence electrons. The number of amides is 2. The third-order valence-electron chi connectivity index (χ3n) is 4.19. The number of carbonyl (C=O) groups is 2. The van der Waals surface area contributed by atoms with E-state index in [1.54, 1.807) is 24.0 Å². The van der Waals surface area contributed by atoms with Crippen LogP contribution in [0.4, 0.5) is 0 Å². The molecule has 2 heterocycles. The molecule has 1 unspecified atom stereocenters. The number of benzene rings is 1. The van der Waals surface area contributed by atoms with Gasteiger partial charge in [-0.3, -0.25) is 9.59 Å². The number of rotatable bonds is 4. The van der Waals surface area contributed by atoms with Crippen LogP contribution in [0.15, 0.2) is 28.8 Å². The zero-order valence-corrected chi connectivity index (χ0v) is 16.0. The van der Waals surface area contributed by atoms with Crippen molar-refractivity contribution in [2.45, 2.75) is 25.7 Å². The Morgan fingerprint density at radius 2 is 2.20 bits per heavy atom. The minimum Gasteiger partial charge on any atom is -0.343 e. The van der Waals surface area contributed by atoms with Gasteiger partial charge in [0.05, 0.1) is 18.0 Å². The lowest BCUT2D eigenvalue weighted by Crippen LogP contribution is -2.44. The van der Waals surface area contributed by atoms with Crippen LogP contribution in [0.3, 0.4) is 0 Å². The minimum atomic E-state index is -0.237. The first-order chi connectivity index (χ1) is 12.0. The predicted octanol–water partition coefficient (Wildman–Crippen LogP) is 2.12. The van der Waals surface area contributed by atoms with Crippen LogP contribution in [-0.2, 0) is 4.79 Å². The molecule has 0 bridgehead atoms. The second-order valence-corrected chi connectivity index (χ2v) is 7.18. The van der Waals surface area contributed by atoms with E-state index in [0.29, 0.717) is 30.4 Å². The maximum atomic E-state index is 12.4. The Bertz CT molecular complexity index is 777. The van der Waals surface area contributed by atoms with Gasteiger partial charge in [-0.15, -0.1) is 0 Å². The summed E-state index contributed by atoms with van der Waals surface area (Å²) in [6, 6.07) is 7.28. The molecule has 1 aliphatic rings. The number of hydrogen-bond acceptors (Lipinski definition) is 5. The number of carbonyl (C=O) groups excluding carboxylic acids is 2. The van der Waals surface area contributed by atoms with Crippen molar-refractivity contribution in [3.8, 4) is 0 Å². The van der Waals surface area contributed by atoms with Gasteiger partial charge in [0.1, 0.15) is 0 Å². The lowest BCUT2D eigenvalue weighted by Gasteiger charge is -2.31. The van der Waals surface area contributed by atoms with E-state index in [9.17, 15) is 9.59 Å². The molecular weight excluding hydrogens is 435 g/mol. The van der Waals surface area contributed by atoms with Crippen molar-refractivity contribution in [2.24, 2.45) is 0 Å². The molecule has 0 aliphatic carbocycles. The molecule has 25 heavy (non-hydrogen) atoms. The smallest absolute Gasteiger partial charge is 0.252 e. The zero-order chi connectivity index (χ0) is 17.8. The first-order valence-corrected chi connectivity index (χ1v) is 9.23. The highest BCUT2D eigenvalue weighted by Crippen LogP contribution is 2.25. The zero-order valence-electron chi connectivity index (χ0n) is 13.9. The second kappa shape index (κ2) is 7.94. The molecule has 3 rings (SSSR count). The van der Waals surface area contributed by atoms with E-state index >= 15 is 0 Å². The van der Waals surface area contributed by atoms with Gasteiger partial charge in [-0.2, -0.15) is 4.98 Å². The molecule has 0 radical (unpaired) electrons. The van der Waals surface area contributed by atoms with E-state index in [1.807, 2.05) is 12.1 Å². The number of aromatic nitrogens is 2. The monoisotopic (exact) mass is 454 g/mol. The van der Waals surface area contributed by atoms with Crippen LogP contribution >= 0.6 is 22.6 Å². The molecule has 8 heteroatoms. The molecule has 0 spiro atoms. The minimum absolute atomic E-state index is 0.0145. The van der Waals surface area contributed by atoms with Gasteiger partial charge >= 0.3 is 0 Å². The fourth-order valence-electron chi connectivity index (χ4n) is 2.89.